The van der Waals surface area contributed by atoms with Crippen LogP contribution in [-0.2, 0) is 24.3 Å². The molecule has 14 heteroatoms. The first kappa shape index (κ1) is 31.6. The first-order valence-electron chi connectivity index (χ1n) is 14.6. The molecule has 0 saturated carbocycles. The number of carbonyl (C=O) groups is 3. The second-order valence-corrected chi connectivity index (χ2v) is 11.7. The van der Waals surface area contributed by atoms with Crippen molar-refractivity contribution in [2.45, 2.75) is 19.5 Å². The third kappa shape index (κ3) is 6.38. The second-order valence-electron chi connectivity index (χ2n) is 10.8. The fraction of sp³-hybridized carbons (Fsp3) is 0.182. The minimum Gasteiger partial charge on any atom is -0.484 e. The van der Waals surface area contributed by atoms with Gasteiger partial charge in [-0.1, -0.05) is 35.3 Å². The number of aromatic nitrogens is 3. The Morgan fingerprint density at radius 3 is 2.38 bits per heavy atom. The molecule has 0 unspecified atom stereocenters. The minimum atomic E-state index is -0.567. The van der Waals surface area contributed by atoms with E-state index in [2.05, 4.69) is 15.7 Å². The smallest absolute Gasteiger partial charge is 0.261 e. The Morgan fingerprint density at radius 2 is 1.70 bits per heavy atom. The number of nitrogens with one attached hydrogen (secondary N) is 2. The average molecular weight is 675 g/mol. The molecule has 12 nitrogen and oxygen atoms in total. The van der Waals surface area contributed by atoms with E-state index in [0.717, 1.165) is 5.56 Å². The molecule has 0 saturated heterocycles. The lowest BCUT2D eigenvalue weighted by Gasteiger charge is -2.29. The van der Waals surface area contributed by atoms with Crippen LogP contribution in [0.4, 0.5) is 5.69 Å². The number of ether oxygens (including phenoxy) is 1. The number of anilines is 1. The predicted octanol–water partition coefficient (Wildman–Crippen LogP) is 3.83. The fourth-order valence-electron chi connectivity index (χ4n) is 5.47. The van der Waals surface area contributed by atoms with Gasteiger partial charge in [0.2, 0.25) is 0 Å². The third-order valence-corrected chi connectivity index (χ3v) is 8.59. The van der Waals surface area contributed by atoms with Crippen molar-refractivity contribution in [3.63, 3.8) is 0 Å². The van der Waals surface area contributed by atoms with Gasteiger partial charge in [0.25, 0.3) is 23.3 Å². The van der Waals surface area contributed by atoms with Crippen molar-refractivity contribution < 1.29 is 19.1 Å². The number of rotatable bonds is 9. The summed E-state index contributed by atoms with van der Waals surface area (Å²) in [6.45, 7) is 0.612. The van der Waals surface area contributed by atoms with E-state index in [9.17, 15) is 19.2 Å². The van der Waals surface area contributed by atoms with Crippen molar-refractivity contribution in [2.75, 3.05) is 25.5 Å². The summed E-state index contributed by atoms with van der Waals surface area (Å²) in [6.07, 6.45) is 1.94. The average Bonchev–Trinajstić information content (AvgIpc) is 3.51. The van der Waals surface area contributed by atoms with Gasteiger partial charge in [-0.2, -0.15) is 5.10 Å². The molecule has 3 aromatic carbocycles. The molecule has 3 heterocycles. The molecule has 2 aromatic heterocycles. The Kier molecular flexibility index (Phi) is 8.88. The highest BCUT2D eigenvalue weighted by Crippen LogP contribution is 2.28. The maximum atomic E-state index is 14.2. The van der Waals surface area contributed by atoms with Crippen LogP contribution in [0.5, 0.6) is 5.75 Å². The molecule has 1 aliphatic rings. The van der Waals surface area contributed by atoms with Gasteiger partial charge in [-0.15, -0.1) is 0 Å². The summed E-state index contributed by atoms with van der Waals surface area (Å²) in [5.74, 6) is -0.555. The number of benzene rings is 3. The van der Waals surface area contributed by atoms with Gasteiger partial charge in [0.1, 0.15) is 5.75 Å². The number of nitrogens with two attached hydrogens (primary N) is 1. The van der Waals surface area contributed by atoms with Crippen LogP contribution in [0.1, 0.15) is 37.5 Å². The molecule has 47 heavy (non-hydrogen) atoms. The molecule has 5 aromatic rings. The van der Waals surface area contributed by atoms with Crippen LogP contribution < -0.4 is 26.7 Å². The molecule has 1 aliphatic heterocycles. The highest BCUT2D eigenvalue weighted by Gasteiger charge is 2.29. The SMILES string of the molecule is CNC(=O)c1ccc(-n2c(=O)c3c(n4ncc(NCc5ccc(OCC(N)=O)cc5)c24)CN(C(=O)c2ccc(Cl)c(Cl)c2)CC3)cc1. The number of halogens is 2. The largest absolute Gasteiger partial charge is 0.484 e. The van der Waals surface area contributed by atoms with E-state index in [1.807, 2.05) is 12.1 Å². The summed E-state index contributed by atoms with van der Waals surface area (Å²) in [4.78, 5) is 52.6. The van der Waals surface area contributed by atoms with Crippen molar-refractivity contribution in [1.82, 2.24) is 24.4 Å². The third-order valence-electron chi connectivity index (χ3n) is 7.85. The summed E-state index contributed by atoms with van der Waals surface area (Å²) in [6, 6.07) is 18.6. The predicted molar refractivity (Wildman–Crippen MR) is 178 cm³/mol. The zero-order valence-electron chi connectivity index (χ0n) is 25.1. The minimum absolute atomic E-state index is 0.143. The lowest BCUT2D eigenvalue weighted by atomic mass is 10.0. The van der Waals surface area contributed by atoms with Crippen LogP contribution in [0.3, 0.4) is 0 Å². The molecule has 4 N–H and O–H groups in total. The van der Waals surface area contributed by atoms with Crippen molar-refractivity contribution in [1.29, 1.82) is 0 Å². The van der Waals surface area contributed by atoms with Gasteiger partial charge in [-0.25, -0.2) is 4.52 Å². The fourth-order valence-corrected chi connectivity index (χ4v) is 5.77. The number of fused-ring (bicyclic) bond motifs is 3. The highest BCUT2D eigenvalue weighted by molar-refractivity contribution is 6.42. The zero-order valence-corrected chi connectivity index (χ0v) is 26.6. The molecule has 0 atom stereocenters. The van der Waals surface area contributed by atoms with E-state index in [1.165, 1.54) is 6.07 Å². The Bertz CT molecular complexity index is 2070. The summed E-state index contributed by atoms with van der Waals surface area (Å²) >= 11 is 12.2. The van der Waals surface area contributed by atoms with Crippen LogP contribution >= 0.6 is 23.2 Å². The molecule has 0 bridgehead atoms. The maximum Gasteiger partial charge on any atom is 0.261 e. The molecule has 3 amide bonds. The Balaban J connectivity index is 1.38. The molecular weight excluding hydrogens is 645 g/mol. The highest BCUT2D eigenvalue weighted by atomic mass is 35.5. The zero-order chi connectivity index (χ0) is 33.2. The van der Waals surface area contributed by atoms with Crippen molar-refractivity contribution in [3.05, 3.63) is 121 Å². The van der Waals surface area contributed by atoms with Gasteiger partial charge in [-0.3, -0.25) is 23.7 Å². The summed E-state index contributed by atoms with van der Waals surface area (Å²) < 4.78 is 8.59. The maximum absolute atomic E-state index is 14.2. The summed E-state index contributed by atoms with van der Waals surface area (Å²) in [5.41, 5.74) is 9.35. The van der Waals surface area contributed by atoms with Crippen LogP contribution in [0.15, 0.2) is 77.7 Å². The molecule has 0 radical (unpaired) electrons. The molecule has 6 rings (SSSR count). The monoisotopic (exact) mass is 673 g/mol. The van der Waals surface area contributed by atoms with Gasteiger partial charge < -0.3 is 26.0 Å². The van der Waals surface area contributed by atoms with Crippen LogP contribution in [-0.4, -0.2) is 57.0 Å². The molecule has 0 fully saturated rings. The van der Waals surface area contributed by atoms with Gasteiger partial charge in [0, 0.05) is 36.8 Å². The number of carbonyl (C=O) groups excluding carboxylic acids is 3. The van der Waals surface area contributed by atoms with Gasteiger partial charge in [-0.05, 0) is 66.6 Å². The summed E-state index contributed by atoms with van der Waals surface area (Å²) in [7, 11) is 1.55. The molecule has 240 valence electrons. The van der Waals surface area contributed by atoms with Crippen LogP contribution in [0.25, 0.3) is 11.3 Å². The van der Waals surface area contributed by atoms with Crippen LogP contribution in [0.2, 0.25) is 10.0 Å². The lowest BCUT2D eigenvalue weighted by molar-refractivity contribution is -0.119. The Labute approximate surface area is 278 Å². The number of primary amides is 1. The topological polar surface area (TPSA) is 153 Å². The van der Waals surface area contributed by atoms with Crippen LogP contribution in [0, 0.1) is 0 Å². The van der Waals surface area contributed by atoms with Gasteiger partial charge in [0.05, 0.1) is 39.9 Å². The number of hydrogen-bond donors (Lipinski definition) is 3. The van der Waals surface area contributed by atoms with E-state index in [1.54, 1.807) is 75.8 Å². The van der Waals surface area contributed by atoms with Crippen molar-refractivity contribution in [3.8, 4) is 11.4 Å². The number of amides is 3. The van der Waals surface area contributed by atoms with Gasteiger partial charge in [0.15, 0.2) is 12.3 Å². The van der Waals surface area contributed by atoms with Crippen molar-refractivity contribution in [2.24, 2.45) is 5.73 Å². The normalized spacial score (nSPS) is 12.4. The van der Waals surface area contributed by atoms with E-state index < -0.39 is 5.91 Å². The summed E-state index contributed by atoms with van der Waals surface area (Å²) in [5, 5.41) is 11.3. The second kappa shape index (κ2) is 13.2. The first-order chi connectivity index (χ1) is 22.6. The Morgan fingerprint density at radius 1 is 0.979 bits per heavy atom. The van der Waals surface area contributed by atoms with E-state index >= 15 is 0 Å². The molecule has 0 aliphatic carbocycles. The van der Waals surface area contributed by atoms with Gasteiger partial charge >= 0.3 is 0 Å². The molecular formula is C33H29Cl2N7O5. The van der Waals surface area contributed by atoms with Crippen molar-refractivity contribution >= 4 is 52.3 Å². The quantitative estimate of drug-likeness (QED) is 0.215. The van der Waals surface area contributed by atoms with E-state index in [0.29, 0.717) is 69.7 Å². The van der Waals surface area contributed by atoms with E-state index in [4.69, 9.17) is 33.7 Å². The first-order valence-corrected chi connectivity index (χ1v) is 15.4. The number of hydrogen-bond acceptors (Lipinski definition) is 7. The lowest BCUT2D eigenvalue weighted by Crippen LogP contribution is -2.41. The number of nitrogens with zero attached hydrogens (tertiary/aromatic N) is 4. The standard InChI is InChI=1S/C33H29Cl2N7O5/c1-37-30(44)20-4-7-22(8-5-20)41-31-27(38-15-19-2-9-23(10-3-19)47-18-29(36)43)16-39-42(31)28-17-40(13-12-24(28)33(41)46)32(45)21-6-11-25(34)26(35)14-21/h2-11,14,16,38H,12-13,15,17-18H2,1H3,(H2,36,43)(H,37,44). The van der Waals surface area contributed by atoms with E-state index in [-0.39, 0.29) is 35.5 Å². The Hall–Kier alpha value is -5.33. The molecule has 0 spiro atoms.